The summed E-state index contributed by atoms with van der Waals surface area (Å²) in [5, 5.41) is 10.1. The Hall–Kier alpha value is -1.62. The third-order valence-corrected chi connectivity index (χ3v) is 4.16. The van der Waals surface area contributed by atoms with Crippen LogP contribution >= 0.6 is 15.9 Å². The predicted molar refractivity (Wildman–Crippen MR) is 87.1 cm³/mol. The smallest absolute Gasteiger partial charge is 0.225 e. The first-order chi connectivity index (χ1) is 10.0. The Bertz CT molecular complexity index is 599. The van der Waals surface area contributed by atoms with E-state index >= 15 is 0 Å². The molecule has 1 heterocycles. The normalized spacial score (nSPS) is 12.2. The summed E-state index contributed by atoms with van der Waals surface area (Å²) in [5.74, 6) is 0.0253. The van der Waals surface area contributed by atoms with Gasteiger partial charge >= 0.3 is 0 Å². The van der Waals surface area contributed by atoms with Crippen LogP contribution in [0.4, 0.5) is 0 Å². The van der Waals surface area contributed by atoms with Gasteiger partial charge in [-0.25, -0.2) is 0 Å². The minimum Gasteiger partial charge on any atom is -0.349 e. The van der Waals surface area contributed by atoms with E-state index in [1.165, 1.54) is 0 Å². The van der Waals surface area contributed by atoms with Crippen molar-refractivity contribution in [3.05, 3.63) is 51.3 Å². The van der Waals surface area contributed by atoms with E-state index in [-0.39, 0.29) is 11.9 Å². The molecule has 2 N–H and O–H groups in total. The summed E-state index contributed by atoms with van der Waals surface area (Å²) in [6.45, 7) is 5.92. The number of hydrogen-bond acceptors (Lipinski definition) is 2. The summed E-state index contributed by atoms with van der Waals surface area (Å²) < 4.78 is 1.04. The maximum absolute atomic E-state index is 12.3. The standard InChI is InChI=1S/C16H20BrN3O/c1-4-15(12-5-7-13(17)8-6-12)18-16(21)9-14-10(2)19-20-11(14)3/h5-8,15H,4,9H2,1-3H3,(H,18,21)(H,19,20). The highest BCUT2D eigenvalue weighted by Crippen LogP contribution is 2.20. The van der Waals surface area contributed by atoms with Crippen molar-refractivity contribution < 1.29 is 4.79 Å². The second-order valence-electron chi connectivity index (χ2n) is 5.17. The molecule has 0 bridgehead atoms. The summed E-state index contributed by atoms with van der Waals surface area (Å²) in [4.78, 5) is 12.3. The number of benzene rings is 1. The molecule has 0 saturated heterocycles. The van der Waals surface area contributed by atoms with Crippen LogP contribution in [0.25, 0.3) is 0 Å². The van der Waals surface area contributed by atoms with Crippen LogP contribution in [0, 0.1) is 13.8 Å². The summed E-state index contributed by atoms with van der Waals surface area (Å²) in [5.41, 5.74) is 3.95. The number of aromatic nitrogens is 2. The van der Waals surface area contributed by atoms with Gasteiger partial charge in [-0.2, -0.15) is 5.10 Å². The second kappa shape index (κ2) is 6.89. The monoisotopic (exact) mass is 349 g/mol. The summed E-state index contributed by atoms with van der Waals surface area (Å²) in [6.07, 6.45) is 1.22. The van der Waals surface area contributed by atoms with E-state index in [1.54, 1.807) is 0 Å². The molecule has 2 rings (SSSR count). The third-order valence-electron chi connectivity index (χ3n) is 3.63. The average Bonchev–Trinajstić information content (AvgIpc) is 2.78. The third kappa shape index (κ3) is 3.94. The first-order valence-electron chi connectivity index (χ1n) is 7.06. The van der Waals surface area contributed by atoms with Gasteiger partial charge in [0.2, 0.25) is 5.91 Å². The molecule has 1 unspecified atom stereocenters. The lowest BCUT2D eigenvalue weighted by Crippen LogP contribution is -2.29. The zero-order chi connectivity index (χ0) is 15.4. The highest BCUT2D eigenvalue weighted by Gasteiger charge is 2.16. The first kappa shape index (κ1) is 15.8. The van der Waals surface area contributed by atoms with Gasteiger partial charge in [0, 0.05) is 15.7 Å². The molecule has 0 spiro atoms. The number of nitrogens with zero attached hydrogens (tertiary/aromatic N) is 1. The van der Waals surface area contributed by atoms with E-state index < -0.39 is 0 Å². The Labute approximate surface area is 133 Å². The zero-order valence-electron chi connectivity index (χ0n) is 12.5. The maximum Gasteiger partial charge on any atom is 0.225 e. The highest BCUT2D eigenvalue weighted by molar-refractivity contribution is 9.10. The minimum absolute atomic E-state index is 0.0253. The molecule has 1 amide bonds. The topological polar surface area (TPSA) is 57.8 Å². The van der Waals surface area contributed by atoms with Crippen LogP contribution in [0.5, 0.6) is 0 Å². The molecule has 2 aromatic rings. The van der Waals surface area contributed by atoms with E-state index in [2.05, 4.69) is 38.4 Å². The van der Waals surface area contributed by atoms with Gasteiger partial charge in [-0.3, -0.25) is 9.89 Å². The molecule has 5 heteroatoms. The molecular formula is C16H20BrN3O. The molecule has 0 aliphatic rings. The van der Waals surface area contributed by atoms with Crippen molar-refractivity contribution in [3.8, 4) is 0 Å². The molecule has 4 nitrogen and oxygen atoms in total. The van der Waals surface area contributed by atoms with Crippen molar-refractivity contribution in [2.45, 2.75) is 39.7 Å². The number of hydrogen-bond donors (Lipinski definition) is 2. The Kier molecular flexibility index (Phi) is 5.17. The highest BCUT2D eigenvalue weighted by atomic mass is 79.9. The van der Waals surface area contributed by atoms with E-state index in [4.69, 9.17) is 0 Å². The summed E-state index contributed by atoms with van der Waals surface area (Å²) >= 11 is 3.43. The molecule has 112 valence electrons. The second-order valence-corrected chi connectivity index (χ2v) is 6.08. The molecular weight excluding hydrogens is 330 g/mol. The van der Waals surface area contributed by atoms with Crippen LogP contribution < -0.4 is 5.32 Å². The average molecular weight is 350 g/mol. The van der Waals surface area contributed by atoms with Gasteiger partial charge in [0.1, 0.15) is 0 Å². The van der Waals surface area contributed by atoms with Crippen LogP contribution in [-0.2, 0) is 11.2 Å². The van der Waals surface area contributed by atoms with Crippen molar-refractivity contribution in [3.63, 3.8) is 0 Å². The van der Waals surface area contributed by atoms with Gasteiger partial charge in [-0.15, -0.1) is 0 Å². The number of carbonyl (C=O) groups is 1. The molecule has 1 aromatic carbocycles. The van der Waals surface area contributed by atoms with Crippen molar-refractivity contribution in [1.29, 1.82) is 0 Å². The molecule has 0 fully saturated rings. The van der Waals surface area contributed by atoms with Crippen LogP contribution in [0.2, 0.25) is 0 Å². The molecule has 0 aliphatic carbocycles. The molecule has 0 radical (unpaired) electrons. The van der Waals surface area contributed by atoms with Crippen molar-refractivity contribution in [2.24, 2.45) is 0 Å². The van der Waals surface area contributed by atoms with Crippen LogP contribution in [0.3, 0.4) is 0 Å². The maximum atomic E-state index is 12.3. The Balaban J connectivity index is 2.05. The number of H-pyrrole nitrogens is 1. The number of aryl methyl sites for hydroxylation is 2. The molecule has 21 heavy (non-hydrogen) atoms. The van der Waals surface area contributed by atoms with E-state index in [0.717, 1.165) is 33.4 Å². The molecule has 1 atom stereocenters. The molecule has 0 aliphatic heterocycles. The first-order valence-corrected chi connectivity index (χ1v) is 7.85. The van der Waals surface area contributed by atoms with Gasteiger partial charge in [0.15, 0.2) is 0 Å². The predicted octanol–water partition coefficient (Wildman–Crippen LogP) is 3.60. The number of nitrogens with one attached hydrogen (secondary N) is 2. The van der Waals surface area contributed by atoms with Gasteiger partial charge in [-0.1, -0.05) is 35.0 Å². The largest absolute Gasteiger partial charge is 0.349 e. The lowest BCUT2D eigenvalue weighted by Gasteiger charge is -2.17. The van der Waals surface area contributed by atoms with Gasteiger partial charge in [0.25, 0.3) is 0 Å². The number of carbonyl (C=O) groups excluding carboxylic acids is 1. The van der Waals surface area contributed by atoms with Crippen LogP contribution in [-0.4, -0.2) is 16.1 Å². The van der Waals surface area contributed by atoms with E-state index in [0.29, 0.717) is 6.42 Å². The lowest BCUT2D eigenvalue weighted by molar-refractivity contribution is -0.121. The van der Waals surface area contributed by atoms with Crippen LogP contribution in [0.1, 0.15) is 41.9 Å². The fraction of sp³-hybridized carbons (Fsp3) is 0.375. The lowest BCUT2D eigenvalue weighted by atomic mass is 10.0. The van der Waals surface area contributed by atoms with Crippen molar-refractivity contribution >= 4 is 21.8 Å². The number of amides is 1. The number of rotatable bonds is 5. The molecule has 1 aromatic heterocycles. The van der Waals surface area contributed by atoms with Gasteiger partial charge in [-0.05, 0) is 38.0 Å². The van der Waals surface area contributed by atoms with Crippen LogP contribution in [0.15, 0.2) is 28.7 Å². The fourth-order valence-electron chi connectivity index (χ4n) is 2.36. The van der Waals surface area contributed by atoms with Crippen molar-refractivity contribution in [2.75, 3.05) is 0 Å². The quantitative estimate of drug-likeness (QED) is 0.866. The Morgan fingerprint density at radius 3 is 2.52 bits per heavy atom. The zero-order valence-corrected chi connectivity index (χ0v) is 14.1. The van der Waals surface area contributed by atoms with Gasteiger partial charge in [0.05, 0.1) is 18.2 Å². The minimum atomic E-state index is 0.0253. The summed E-state index contributed by atoms with van der Waals surface area (Å²) in [6, 6.07) is 8.10. The van der Waals surface area contributed by atoms with Gasteiger partial charge < -0.3 is 5.32 Å². The SMILES string of the molecule is CCC(NC(=O)Cc1c(C)n[nH]c1C)c1ccc(Br)cc1. The van der Waals surface area contributed by atoms with E-state index in [9.17, 15) is 4.79 Å². The summed E-state index contributed by atoms with van der Waals surface area (Å²) in [7, 11) is 0. The number of halogens is 1. The van der Waals surface area contributed by atoms with Crippen molar-refractivity contribution in [1.82, 2.24) is 15.5 Å². The molecule has 0 saturated carbocycles. The number of aromatic amines is 1. The fourth-order valence-corrected chi connectivity index (χ4v) is 2.62. The Morgan fingerprint density at radius 2 is 2.00 bits per heavy atom. The van der Waals surface area contributed by atoms with E-state index in [1.807, 2.05) is 38.1 Å². The Morgan fingerprint density at radius 1 is 1.33 bits per heavy atom.